The number of hydrogen-bond donors (Lipinski definition) is 2. The van der Waals surface area contributed by atoms with Gasteiger partial charge in [-0.3, -0.25) is 19.3 Å². The molecular formula is C23H22N4O4S. The van der Waals surface area contributed by atoms with Crippen molar-refractivity contribution in [1.82, 2.24) is 10.3 Å². The summed E-state index contributed by atoms with van der Waals surface area (Å²) in [5.41, 5.74) is 1.88. The third-order valence-corrected chi connectivity index (χ3v) is 6.51. The quantitative estimate of drug-likeness (QED) is 0.575. The van der Waals surface area contributed by atoms with Crippen molar-refractivity contribution in [2.45, 2.75) is 24.3 Å². The molecule has 4 rings (SSSR count). The Morgan fingerprint density at radius 1 is 1.03 bits per heavy atom. The van der Waals surface area contributed by atoms with Gasteiger partial charge in [0.05, 0.1) is 16.1 Å². The van der Waals surface area contributed by atoms with Gasteiger partial charge >= 0.3 is 0 Å². The minimum atomic E-state index is -3.93. The van der Waals surface area contributed by atoms with Crippen LogP contribution in [0.25, 0.3) is 0 Å². The summed E-state index contributed by atoms with van der Waals surface area (Å²) >= 11 is 0. The molecular weight excluding hydrogens is 428 g/mol. The molecule has 1 fully saturated rings. The van der Waals surface area contributed by atoms with Gasteiger partial charge in [-0.15, -0.1) is 0 Å². The Morgan fingerprint density at radius 3 is 2.50 bits per heavy atom. The minimum absolute atomic E-state index is 0.0324. The van der Waals surface area contributed by atoms with Crippen LogP contribution < -0.4 is 14.9 Å². The number of benzene rings is 2. The maximum Gasteiger partial charge on any atom is 0.261 e. The topological polar surface area (TPSA) is 108 Å². The van der Waals surface area contributed by atoms with Crippen LogP contribution in [0.15, 0.2) is 78.0 Å². The summed E-state index contributed by atoms with van der Waals surface area (Å²) < 4.78 is 28.3. The van der Waals surface area contributed by atoms with Gasteiger partial charge in [-0.25, -0.2) is 8.42 Å². The predicted octanol–water partition coefficient (Wildman–Crippen LogP) is 2.94. The lowest BCUT2D eigenvalue weighted by molar-refractivity contribution is -0.117. The van der Waals surface area contributed by atoms with E-state index in [2.05, 4.69) is 15.0 Å². The number of sulfonamides is 1. The maximum atomic E-state index is 12.9. The molecule has 164 valence electrons. The highest BCUT2D eigenvalue weighted by molar-refractivity contribution is 7.92. The van der Waals surface area contributed by atoms with Crippen LogP contribution >= 0.6 is 0 Å². The molecule has 1 aliphatic rings. The Hall–Kier alpha value is -3.72. The fourth-order valence-electron chi connectivity index (χ4n) is 3.48. The van der Waals surface area contributed by atoms with Gasteiger partial charge in [-0.2, -0.15) is 0 Å². The van der Waals surface area contributed by atoms with Crippen molar-refractivity contribution >= 4 is 33.2 Å². The van der Waals surface area contributed by atoms with Crippen molar-refractivity contribution in [2.75, 3.05) is 16.2 Å². The summed E-state index contributed by atoms with van der Waals surface area (Å²) in [7, 11) is -3.93. The van der Waals surface area contributed by atoms with Crippen molar-refractivity contribution in [3.05, 3.63) is 84.2 Å². The van der Waals surface area contributed by atoms with Crippen LogP contribution in [-0.2, 0) is 21.4 Å². The third-order valence-electron chi connectivity index (χ3n) is 5.12. The van der Waals surface area contributed by atoms with E-state index < -0.39 is 15.9 Å². The van der Waals surface area contributed by atoms with E-state index >= 15 is 0 Å². The number of aromatic nitrogens is 1. The highest BCUT2D eigenvalue weighted by Crippen LogP contribution is 2.25. The molecule has 9 heteroatoms. The van der Waals surface area contributed by atoms with Crippen LogP contribution in [0, 0.1) is 0 Å². The molecule has 0 atom stereocenters. The molecule has 0 aliphatic carbocycles. The van der Waals surface area contributed by atoms with Crippen molar-refractivity contribution in [1.29, 1.82) is 0 Å². The number of hydrogen-bond acceptors (Lipinski definition) is 5. The minimum Gasteiger partial charge on any atom is -0.348 e. The van der Waals surface area contributed by atoms with E-state index in [0.717, 1.165) is 12.0 Å². The second-order valence-corrected chi connectivity index (χ2v) is 9.02. The predicted molar refractivity (Wildman–Crippen MR) is 121 cm³/mol. The summed E-state index contributed by atoms with van der Waals surface area (Å²) in [5.74, 6) is -0.375. The third kappa shape index (κ3) is 4.78. The average molecular weight is 451 g/mol. The standard InChI is InChI=1S/C23H22N4O4S/c28-22-8-4-14-27(22)18-9-11-19(12-10-18)32(30,31)26-21-7-2-1-6-20(21)23(29)25-16-17-5-3-13-24-15-17/h1-3,5-7,9-13,15,26H,4,8,14,16H2,(H,25,29). The van der Waals surface area contributed by atoms with E-state index in [1.165, 1.54) is 18.2 Å². The number of nitrogens with zero attached hydrogens (tertiary/aromatic N) is 2. The molecule has 32 heavy (non-hydrogen) atoms. The largest absolute Gasteiger partial charge is 0.348 e. The number of nitrogens with one attached hydrogen (secondary N) is 2. The smallest absolute Gasteiger partial charge is 0.261 e. The molecule has 2 aromatic carbocycles. The Labute approximate surface area is 186 Å². The molecule has 1 saturated heterocycles. The second kappa shape index (κ2) is 9.19. The fourth-order valence-corrected chi connectivity index (χ4v) is 4.56. The molecule has 0 spiro atoms. The number of amides is 2. The molecule has 0 saturated carbocycles. The number of carbonyl (C=O) groups is 2. The highest BCUT2D eigenvalue weighted by atomic mass is 32.2. The number of para-hydroxylation sites is 1. The Morgan fingerprint density at radius 2 is 1.81 bits per heavy atom. The van der Waals surface area contributed by atoms with Crippen molar-refractivity contribution in [2.24, 2.45) is 0 Å². The van der Waals surface area contributed by atoms with Crippen LogP contribution in [0.3, 0.4) is 0 Å². The first kappa shape index (κ1) is 21.5. The van der Waals surface area contributed by atoms with Gasteiger partial charge in [0.1, 0.15) is 0 Å². The number of anilines is 2. The number of carbonyl (C=O) groups excluding carboxylic acids is 2. The lowest BCUT2D eigenvalue weighted by Crippen LogP contribution is -2.25. The van der Waals surface area contributed by atoms with Gasteiger partial charge < -0.3 is 10.2 Å². The zero-order valence-corrected chi connectivity index (χ0v) is 18.0. The normalized spacial score (nSPS) is 13.8. The Bertz CT molecular complexity index is 1230. The summed E-state index contributed by atoms with van der Waals surface area (Å²) in [6.45, 7) is 0.898. The zero-order chi connectivity index (χ0) is 22.6. The molecule has 2 heterocycles. The summed E-state index contributed by atoms with van der Waals surface area (Å²) in [6, 6.07) is 16.1. The van der Waals surface area contributed by atoms with E-state index in [9.17, 15) is 18.0 Å². The van der Waals surface area contributed by atoms with E-state index in [1.807, 2.05) is 6.07 Å². The second-order valence-electron chi connectivity index (χ2n) is 7.34. The average Bonchev–Trinajstić information content (AvgIpc) is 3.24. The Kier molecular flexibility index (Phi) is 6.18. The molecule has 8 nitrogen and oxygen atoms in total. The van der Waals surface area contributed by atoms with Crippen molar-refractivity contribution in [3.8, 4) is 0 Å². The zero-order valence-electron chi connectivity index (χ0n) is 17.2. The monoisotopic (exact) mass is 450 g/mol. The first-order valence-electron chi connectivity index (χ1n) is 10.1. The number of rotatable bonds is 7. The van der Waals surface area contributed by atoms with Crippen LogP contribution in [0.2, 0.25) is 0 Å². The number of pyridine rings is 1. The van der Waals surface area contributed by atoms with Crippen LogP contribution in [0.1, 0.15) is 28.8 Å². The summed E-state index contributed by atoms with van der Waals surface area (Å²) in [4.78, 5) is 30.3. The fraction of sp³-hybridized carbons (Fsp3) is 0.174. The molecule has 0 unspecified atom stereocenters. The van der Waals surface area contributed by atoms with Crippen LogP contribution in [0.5, 0.6) is 0 Å². The van der Waals surface area contributed by atoms with E-state index in [1.54, 1.807) is 53.7 Å². The van der Waals surface area contributed by atoms with E-state index in [-0.39, 0.29) is 28.6 Å². The van der Waals surface area contributed by atoms with E-state index in [4.69, 9.17) is 0 Å². The summed E-state index contributed by atoms with van der Waals surface area (Å²) in [5, 5.41) is 2.77. The maximum absolute atomic E-state index is 12.9. The van der Waals surface area contributed by atoms with Crippen molar-refractivity contribution in [3.63, 3.8) is 0 Å². The first-order valence-corrected chi connectivity index (χ1v) is 11.6. The first-order chi connectivity index (χ1) is 15.4. The lowest BCUT2D eigenvalue weighted by Gasteiger charge is -2.16. The van der Waals surface area contributed by atoms with Crippen LogP contribution in [0.4, 0.5) is 11.4 Å². The molecule has 1 aliphatic heterocycles. The molecule has 0 radical (unpaired) electrons. The van der Waals surface area contributed by atoms with Crippen LogP contribution in [-0.4, -0.2) is 31.8 Å². The van der Waals surface area contributed by atoms with Gasteiger partial charge in [0.25, 0.3) is 15.9 Å². The summed E-state index contributed by atoms with van der Waals surface area (Å²) in [6.07, 6.45) is 4.58. The molecule has 2 amide bonds. The van der Waals surface area contributed by atoms with Gasteiger partial charge in [-0.1, -0.05) is 18.2 Å². The molecule has 0 bridgehead atoms. The Balaban J connectivity index is 1.49. The van der Waals surface area contributed by atoms with E-state index in [0.29, 0.717) is 18.7 Å². The van der Waals surface area contributed by atoms with Gasteiger partial charge in [0.15, 0.2) is 0 Å². The SMILES string of the molecule is O=C(NCc1cccnc1)c1ccccc1NS(=O)(=O)c1ccc(N2CCCC2=O)cc1. The molecule has 2 N–H and O–H groups in total. The van der Waals surface area contributed by atoms with Gasteiger partial charge in [0, 0.05) is 37.6 Å². The molecule has 3 aromatic rings. The van der Waals surface area contributed by atoms with Gasteiger partial charge in [0.2, 0.25) is 5.91 Å². The highest BCUT2D eigenvalue weighted by Gasteiger charge is 2.23. The van der Waals surface area contributed by atoms with Crippen molar-refractivity contribution < 1.29 is 18.0 Å². The van der Waals surface area contributed by atoms with Gasteiger partial charge in [-0.05, 0) is 54.4 Å². The molecule has 1 aromatic heterocycles. The lowest BCUT2D eigenvalue weighted by atomic mass is 10.1.